The Hall–Kier alpha value is -1.37. The topological polar surface area (TPSA) is 17.1 Å². The molecule has 1 aromatic carbocycles. The molecule has 0 aromatic heterocycles. The molecule has 0 aliphatic heterocycles. The van der Waals surface area contributed by atoms with Crippen molar-refractivity contribution in [3.63, 3.8) is 0 Å². The number of hydrogen-bond acceptors (Lipinski definition) is 1. The first-order chi connectivity index (χ1) is 7.04. The van der Waals surface area contributed by atoms with Crippen LogP contribution >= 0.6 is 0 Å². The summed E-state index contributed by atoms with van der Waals surface area (Å²) in [6.07, 6.45) is 2.94. The summed E-state index contributed by atoms with van der Waals surface area (Å²) in [6.45, 7) is 8.19. The fourth-order valence-electron chi connectivity index (χ4n) is 1.43. The van der Waals surface area contributed by atoms with Crippen LogP contribution in [0.1, 0.15) is 30.5 Å². The first kappa shape index (κ1) is 11.7. The molecule has 0 saturated heterocycles. The molecule has 80 valence electrons. The second-order valence-corrected chi connectivity index (χ2v) is 4.28. The highest BCUT2D eigenvalue weighted by Gasteiger charge is 2.03. The van der Waals surface area contributed by atoms with Crippen LogP contribution in [-0.2, 0) is 4.79 Å². The summed E-state index contributed by atoms with van der Waals surface area (Å²) in [5.41, 5.74) is 4.43. The minimum atomic E-state index is 0.280. The van der Waals surface area contributed by atoms with Crippen molar-refractivity contribution in [3.8, 4) is 0 Å². The van der Waals surface area contributed by atoms with Crippen molar-refractivity contribution in [1.82, 2.24) is 0 Å². The Balaban J connectivity index is 3.16. The van der Waals surface area contributed by atoms with Gasteiger partial charge in [0, 0.05) is 0 Å². The lowest BCUT2D eigenvalue weighted by molar-refractivity contribution is -0.105. The van der Waals surface area contributed by atoms with Crippen LogP contribution in [0.4, 0.5) is 0 Å². The van der Waals surface area contributed by atoms with Crippen molar-refractivity contribution in [2.45, 2.75) is 27.7 Å². The summed E-state index contributed by atoms with van der Waals surface area (Å²) in [5, 5.41) is 0. The van der Waals surface area contributed by atoms with Gasteiger partial charge in [0.1, 0.15) is 6.29 Å². The van der Waals surface area contributed by atoms with Gasteiger partial charge in [0.25, 0.3) is 0 Å². The van der Waals surface area contributed by atoms with Gasteiger partial charge in [0.15, 0.2) is 0 Å². The average Bonchev–Trinajstić information content (AvgIpc) is 2.18. The monoisotopic (exact) mass is 202 g/mol. The molecule has 0 heterocycles. The summed E-state index contributed by atoms with van der Waals surface area (Å²) in [5.74, 6) is 0.280. The zero-order valence-electron chi connectivity index (χ0n) is 9.87. The van der Waals surface area contributed by atoms with E-state index >= 15 is 0 Å². The van der Waals surface area contributed by atoms with Gasteiger partial charge in [0.05, 0.1) is 0 Å². The van der Waals surface area contributed by atoms with Gasteiger partial charge in [-0.15, -0.1) is 0 Å². The molecule has 1 nitrogen and oxygen atoms in total. The van der Waals surface area contributed by atoms with Crippen molar-refractivity contribution >= 4 is 12.4 Å². The summed E-state index contributed by atoms with van der Waals surface area (Å²) in [7, 11) is 0. The van der Waals surface area contributed by atoms with Crippen molar-refractivity contribution in [1.29, 1.82) is 0 Å². The van der Waals surface area contributed by atoms with Gasteiger partial charge >= 0.3 is 0 Å². The predicted octanol–water partition coefficient (Wildman–Crippen LogP) is 3.54. The van der Waals surface area contributed by atoms with Crippen molar-refractivity contribution in [2.24, 2.45) is 5.92 Å². The standard InChI is InChI=1S/C14H18O/c1-10(2)14(9-15)8-13-7-11(3)5-6-12(13)4/h5-10H,1-4H3. The lowest BCUT2D eigenvalue weighted by atomic mass is 9.98. The van der Waals surface area contributed by atoms with Crippen molar-refractivity contribution in [3.05, 3.63) is 40.5 Å². The molecule has 0 aliphatic carbocycles. The summed E-state index contributed by atoms with van der Waals surface area (Å²) < 4.78 is 0. The smallest absolute Gasteiger partial charge is 0.146 e. The highest BCUT2D eigenvalue weighted by atomic mass is 16.1. The Bertz CT molecular complexity index is 386. The van der Waals surface area contributed by atoms with Crippen molar-refractivity contribution in [2.75, 3.05) is 0 Å². The van der Waals surface area contributed by atoms with E-state index in [2.05, 4.69) is 32.0 Å². The second kappa shape index (κ2) is 4.92. The number of carbonyl (C=O) groups is 1. The van der Waals surface area contributed by atoms with E-state index in [1.54, 1.807) is 0 Å². The number of benzene rings is 1. The molecule has 1 aromatic rings. The van der Waals surface area contributed by atoms with Gasteiger partial charge in [-0.1, -0.05) is 37.6 Å². The molecule has 0 amide bonds. The lowest BCUT2D eigenvalue weighted by Crippen LogP contribution is -1.95. The van der Waals surface area contributed by atoms with Crippen LogP contribution in [0, 0.1) is 19.8 Å². The van der Waals surface area contributed by atoms with Gasteiger partial charge in [-0.25, -0.2) is 0 Å². The quantitative estimate of drug-likeness (QED) is 0.541. The number of allylic oxidation sites excluding steroid dienone is 1. The maximum absolute atomic E-state index is 10.9. The maximum Gasteiger partial charge on any atom is 0.146 e. The van der Waals surface area contributed by atoms with E-state index in [9.17, 15) is 4.79 Å². The van der Waals surface area contributed by atoms with Crippen LogP contribution in [-0.4, -0.2) is 6.29 Å². The highest BCUT2D eigenvalue weighted by Crippen LogP contribution is 2.17. The van der Waals surface area contributed by atoms with Gasteiger partial charge in [-0.3, -0.25) is 4.79 Å². The van der Waals surface area contributed by atoms with Crippen LogP contribution in [0.5, 0.6) is 0 Å². The van der Waals surface area contributed by atoms with Crippen LogP contribution in [0.15, 0.2) is 23.8 Å². The number of rotatable bonds is 3. The van der Waals surface area contributed by atoms with E-state index in [1.165, 1.54) is 11.1 Å². The Kier molecular flexibility index (Phi) is 3.84. The molecule has 0 saturated carbocycles. The molecule has 0 N–H and O–H groups in total. The van der Waals surface area contributed by atoms with E-state index < -0.39 is 0 Å². The highest BCUT2D eigenvalue weighted by molar-refractivity contribution is 5.82. The second-order valence-electron chi connectivity index (χ2n) is 4.28. The molecule has 0 bridgehead atoms. The van der Waals surface area contributed by atoms with E-state index in [1.807, 2.05) is 19.9 Å². The van der Waals surface area contributed by atoms with E-state index in [4.69, 9.17) is 0 Å². The van der Waals surface area contributed by atoms with E-state index in [0.29, 0.717) is 0 Å². The number of hydrogen-bond donors (Lipinski definition) is 0. The van der Waals surface area contributed by atoms with Crippen molar-refractivity contribution < 1.29 is 4.79 Å². The molecule has 0 fully saturated rings. The Morgan fingerprint density at radius 1 is 1.27 bits per heavy atom. The third-order valence-electron chi connectivity index (χ3n) is 2.56. The Morgan fingerprint density at radius 2 is 1.93 bits per heavy atom. The molecule has 1 rings (SSSR count). The van der Waals surface area contributed by atoms with E-state index in [-0.39, 0.29) is 5.92 Å². The molecule has 0 spiro atoms. The minimum Gasteiger partial charge on any atom is -0.298 e. The summed E-state index contributed by atoms with van der Waals surface area (Å²) in [6, 6.07) is 6.29. The lowest BCUT2D eigenvalue weighted by Gasteiger charge is -2.06. The minimum absolute atomic E-state index is 0.280. The largest absolute Gasteiger partial charge is 0.298 e. The van der Waals surface area contributed by atoms with Gasteiger partial charge in [0.2, 0.25) is 0 Å². The zero-order valence-corrected chi connectivity index (χ0v) is 9.87. The van der Waals surface area contributed by atoms with Gasteiger partial charge in [-0.05, 0) is 42.5 Å². The molecule has 15 heavy (non-hydrogen) atoms. The van der Waals surface area contributed by atoms with Gasteiger partial charge < -0.3 is 0 Å². The first-order valence-corrected chi connectivity index (χ1v) is 5.28. The molecule has 0 atom stereocenters. The zero-order chi connectivity index (χ0) is 11.4. The number of aryl methyl sites for hydroxylation is 2. The third-order valence-corrected chi connectivity index (χ3v) is 2.56. The first-order valence-electron chi connectivity index (χ1n) is 5.28. The average molecular weight is 202 g/mol. The van der Waals surface area contributed by atoms with Crippen LogP contribution < -0.4 is 0 Å². The van der Waals surface area contributed by atoms with E-state index in [0.717, 1.165) is 17.4 Å². The van der Waals surface area contributed by atoms with Crippen LogP contribution in [0.3, 0.4) is 0 Å². The Morgan fingerprint density at radius 3 is 2.47 bits per heavy atom. The van der Waals surface area contributed by atoms with Crippen LogP contribution in [0.2, 0.25) is 0 Å². The fourth-order valence-corrected chi connectivity index (χ4v) is 1.43. The van der Waals surface area contributed by atoms with Gasteiger partial charge in [-0.2, -0.15) is 0 Å². The molecule has 1 heteroatoms. The fraction of sp³-hybridized carbons (Fsp3) is 0.357. The molecular formula is C14H18O. The predicted molar refractivity (Wildman–Crippen MR) is 64.8 cm³/mol. The third kappa shape index (κ3) is 3.05. The molecule has 0 unspecified atom stereocenters. The maximum atomic E-state index is 10.9. The number of aldehydes is 1. The normalized spacial score (nSPS) is 11.9. The Labute approximate surface area is 91.8 Å². The molecule has 0 aliphatic rings. The SMILES string of the molecule is Cc1ccc(C)c(C=C(C=O)C(C)C)c1. The molecule has 0 radical (unpaired) electrons. The molecular weight excluding hydrogens is 184 g/mol. The number of carbonyl (C=O) groups excluding carboxylic acids is 1. The summed E-state index contributed by atoms with van der Waals surface area (Å²) in [4.78, 5) is 10.9. The van der Waals surface area contributed by atoms with Crippen LogP contribution in [0.25, 0.3) is 6.08 Å². The summed E-state index contributed by atoms with van der Waals surface area (Å²) >= 11 is 0.